The lowest BCUT2D eigenvalue weighted by atomic mass is 9.83. The lowest BCUT2D eigenvalue weighted by Gasteiger charge is -2.31. The van der Waals surface area contributed by atoms with Gasteiger partial charge in [-0.3, -0.25) is 9.59 Å². The Kier molecular flexibility index (Phi) is 5.88. The Balaban J connectivity index is 1.67. The van der Waals surface area contributed by atoms with Crippen molar-refractivity contribution < 1.29 is 19.8 Å². The van der Waals surface area contributed by atoms with Crippen molar-refractivity contribution in [2.45, 2.75) is 31.9 Å². The fourth-order valence-electron chi connectivity index (χ4n) is 4.18. The van der Waals surface area contributed by atoms with Crippen LogP contribution in [0.3, 0.4) is 0 Å². The van der Waals surface area contributed by atoms with Gasteiger partial charge in [0.25, 0.3) is 5.91 Å². The zero-order valence-corrected chi connectivity index (χ0v) is 18.0. The van der Waals surface area contributed by atoms with Crippen molar-refractivity contribution in [1.29, 1.82) is 0 Å². The van der Waals surface area contributed by atoms with Crippen molar-refractivity contribution in [2.75, 3.05) is 23.0 Å². The first-order valence-electron chi connectivity index (χ1n) is 10.4. The third kappa shape index (κ3) is 3.76. The molecule has 6 nitrogen and oxygen atoms in total. The predicted octanol–water partition coefficient (Wildman–Crippen LogP) is 3.39. The normalized spacial score (nSPS) is 21.5. The first-order chi connectivity index (χ1) is 14.9. The molecule has 162 valence electrons. The highest BCUT2D eigenvalue weighted by atomic mass is 35.5. The van der Waals surface area contributed by atoms with E-state index >= 15 is 0 Å². The van der Waals surface area contributed by atoms with E-state index in [9.17, 15) is 14.7 Å². The van der Waals surface area contributed by atoms with E-state index in [-0.39, 0.29) is 19.1 Å². The van der Waals surface area contributed by atoms with Crippen LogP contribution in [-0.2, 0) is 21.7 Å². The molecule has 2 atom stereocenters. The Bertz CT molecular complexity index is 1050. The highest BCUT2D eigenvalue weighted by Gasteiger charge is 2.52. The number of carbonyl (C=O) groups excluding carboxylic acids is 2. The van der Waals surface area contributed by atoms with Crippen LogP contribution in [0.2, 0.25) is 5.02 Å². The quantitative estimate of drug-likeness (QED) is 0.511. The molecule has 31 heavy (non-hydrogen) atoms. The van der Waals surface area contributed by atoms with Gasteiger partial charge < -0.3 is 20.0 Å². The average molecular weight is 441 g/mol. The second-order valence-electron chi connectivity index (χ2n) is 8.01. The molecule has 2 aromatic rings. The minimum atomic E-state index is -1.75. The Labute approximate surface area is 186 Å². The Morgan fingerprint density at radius 3 is 2.71 bits per heavy atom. The lowest BCUT2D eigenvalue weighted by molar-refractivity contribution is -0.139. The van der Waals surface area contributed by atoms with Gasteiger partial charge >= 0.3 is 0 Å². The van der Waals surface area contributed by atoms with Crippen LogP contribution in [0.5, 0.6) is 0 Å². The third-order valence-electron chi connectivity index (χ3n) is 6.02. The number of carbonyl (C=O) groups is 2. The largest absolute Gasteiger partial charge is 0.396 e. The molecule has 7 heteroatoms. The van der Waals surface area contributed by atoms with Gasteiger partial charge in [-0.05, 0) is 42.3 Å². The van der Waals surface area contributed by atoms with Crippen molar-refractivity contribution in [3.63, 3.8) is 0 Å². The maximum atomic E-state index is 13.5. The molecule has 0 radical (unpaired) electrons. The summed E-state index contributed by atoms with van der Waals surface area (Å²) in [5.74, 6) is -0.845. The van der Waals surface area contributed by atoms with E-state index in [0.717, 1.165) is 11.3 Å². The molecule has 0 aromatic heterocycles. The molecule has 2 N–H and O–H groups in total. The second-order valence-corrected chi connectivity index (χ2v) is 8.45. The monoisotopic (exact) mass is 440 g/mol. The summed E-state index contributed by atoms with van der Waals surface area (Å²) in [6.45, 7) is 2.73. The average Bonchev–Trinajstić information content (AvgIpc) is 2.95. The van der Waals surface area contributed by atoms with Crippen molar-refractivity contribution >= 4 is 34.8 Å². The molecular weight excluding hydrogens is 416 g/mol. The number of amides is 2. The minimum Gasteiger partial charge on any atom is -0.396 e. The maximum Gasteiger partial charge on any atom is 0.264 e. The van der Waals surface area contributed by atoms with Gasteiger partial charge in [0.15, 0.2) is 5.60 Å². The minimum absolute atomic E-state index is 0.00000372. The summed E-state index contributed by atoms with van der Waals surface area (Å²) in [5, 5.41) is 21.0. The smallest absolute Gasteiger partial charge is 0.264 e. The van der Waals surface area contributed by atoms with E-state index in [1.54, 1.807) is 47.1 Å². The topological polar surface area (TPSA) is 81.1 Å². The number of aliphatic hydroxyl groups excluding tert-OH is 1. The van der Waals surface area contributed by atoms with Gasteiger partial charge in [-0.15, -0.1) is 0 Å². The molecule has 0 aliphatic carbocycles. The molecular formula is C24H25ClN2O4. The van der Waals surface area contributed by atoms with Gasteiger partial charge in [0.2, 0.25) is 5.91 Å². The predicted molar refractivity (Wildman–Crippen MR) is 120 cm³/mol. The van der Waals surface area contributed by atoms with E-state index in [4.69, 9.17) is 16.7 Å². The Morgan fingerprint density at radius 1 is 1.23 bits per heavy atom. The number of aliphatic hydroxyl groups is 2. The number of hydrogen-bond donors (Lipinski definition) is 2. The number of fused-ring (bicyclic) bond motifs is 1. The third-order valence-corrected chi connectivity index (χ3v) is 6.26. The number of nitrogens with zero attached hydrogens (tertiary/aromatic N) is 2. The van der Waals surface area contributed by atoms with E-state index in [0.29, 0.717) is 35.7 Å². The molecule has 2 amide bonds. The van der Waals surface area contributed by atoms with Gasteiger partial charge in [-0.2, -0.15) is 0 Å². The van der Waals surface area contributed by atoms with Gasteiger partial charge in [0.05, 0.1) is 12.2 Å². The Morgan fingerprint density at radius 2 is 2.03 bits per heavy atom. The van der Waals surface area contributed by atoms with Crippen LogP contribution in [0.15, 0.2) is 54.6 Å². The van der Waals surface area contributed by atoms with Crippen LogP contribution >= 0.6 is 11.6 Å². The molecule has 0 spiro atoms. The number of halogens is 1. The SMILES string of the molecule is C[C@@H](/C=C/CCO)[C@]1(O)C(=O)N(Cc2cccc(N3CCC3=O)c2)c2ccc(Cl)cc21. The zero-order valence-electron chi connectivity index (χ0n) is 17.3. The first-order valence-corrected chi connectivity index (χ1v) is 10.7. The summed E-state index contributed by atoms with van der Waals surface area (Å²) in [7, 11) is 0. The molecule has 0 saturated carbocycles. The van der Waals surface area contributed by atoms with Crippen molar-refractivity contribution in [3.8, 4) is 0 Å². The van der Waals surface area contributed by atoms with E-state index < -0.39 is 17.4 Å². The second kappa shape index (κ2) is 8.46. The zero-order chi connectivity index (χ0) is 22.2. The molecule has 2 aromatic carbocycles. The van der Waals surface area contributed by atoms with Crippen LogP contribution in [-0.4, -0.2) is 35.2 Å². The molecule has 1 saturated heterocycles. The highest BCUT2D eigenvalue weighted by Crippen LogP contribution is 2.46. The highest BCUT2D eigenvalue weighted by molar-refractivity contribution is 6.31. The van der Waals surface area contributed by atoms with Crippen molar-refractivity contribution in [2.24, 2.45) is 5.92 Å². The molecule has 1 fully saturated rings. The van der Waals surface area contributed by atoms with Gasteiger partial charge in [-0.25, -0.2) is 0 Å². The number of benzene rings is 2. The number of hydrogen-bond acceptors (Lipinski definition) is 4. The summed E-state index contributed by atoms with van der Waals surface area (Å²) in [5.41, 5.74) is 1.01. The summed E-state index contributed by atoms with van der Waals surface area (Å²) in [6.07, 6.45) is 4.51. The van der Waals surface area contributed by atoms with Crippen LogP contribution in [0.1, 0.15) is 30.9 Å². The summed E-state index contributed by atoms with van der Waals surface area (Å²) < 4.78 is 0. The van der Waals surface area contributed by atoms with Gasteiger partial charge in [0.1, 0.15) is 0 Å². The molecule has 4 rings (SSSR count). The van der Waals surface area contributed by atoms with Crippen molar-refractivity contribution in [3.05, 3.63) is 70.8 Å². The van der Waals surface area contributed by atoms with Crippen molar-refractivity contribution in [1.82, 2.24) is 0 Å². The number of rotatable bonds is 7. The molecule has 2 aliphatic rings. The fraction of sp³-hybridized carbons (Fsp3) is 0.333. The van der Waals surface area contributed by atoms with Crippen LogP contribution in [0, 0.1) is 5.92 Å². The maximum absolute atomic E-state index is 13.5. The number of anilines is 2. The lowest BCUT2D eigenvalue weighted by Crippen LogP contribution is -2.44. The molecule has 2 aliphatic heterocycles. The van der Waals surface area contributed by atoms with Crippen LogP contribution in [0.4, 0.5) is 11.4 Å². The number of β-lactam (4-membered cyclic amide) rings is 1. The standard InChI is InChI=1S/C24H25ClN2O4/c1-16(5-2-3-12-28)24(31)20-14-18(25)8-9-21(20)27(23(24)30)15-17-6-4-7-19(13-17)26-11-10-22(26)29/h2,4-9,13-14,16,28,31H,3,10-12,15H2,1H3/b5-2+/t16-,24+/m0/s1. The summed E-state index contributed by atoms with van der Waals surface area (Å²) in [4.78, 5) is 28.6. The molecule has 0 unspecified atom stereocenters. The van der Waals surface area contributed by atoms with Gasteiger partial charge in [-0.1, -0.05) is 42.8 Å². The molecule has 0 bridgehead atoms. The van der Waals surface area contributed by atoms with Crippen LogP contribution in [0.25, 0.3) is 0 Å². The summed E-state index contributed by atoms with van der Waals surface area (Å²) >= 11 is 6.20. The molecule has 2 heterocycles. The fourth-order valence-corrected chi connectivity index (χ4v) is 4.36. The summed E-state index contributed by atoms with van der Waals surface area (Å²) in [6, 6.07) is 12.6. The Hall–Kier alpha value is -2.67. The van der Waals surface area contributed by atoms with E-state index in [1.807, 2.05) is 24.3 Å². The van der Waals surface area contributed by atoms with Gasteiger partial charge in [0, 0.05) is 41.8 Å². The van der Waals surface area contributed by atoms with Crippen LogP contribution < -0.4 is 9.80 Å². The first kappa shape index (κ1) is 21.6. The van der Waals surface area contributed by atoms with E-state index in [2.05, 4.69) is 0 Å². The van der Waals surface area contributed by atoms with E-state index in [1.165, 1.54) is 0 Å².